The second kappa shape index (κ2) is 2.90. The summed E-state index contributed by atoms with van der Waals surface area (Å²) in [7, 11) is 0. The number of nitrogens with zero attached hydrogens (tertiary/aromatic N) is 1. The molecule has 44 valence electrons. The van der Waals surface area contributed by atoms with Crippen molar-refractivity contribution >= 4 is 18.1 Å². The van der Waals surface area contributed by atoms with Crippen LogP contribution < -0.4 is 0 Å². The van der Waals surface area contributed by atoms with Gasteiger partial charge in [-0.1, -0.05) is 0 Å². The molecule has 0 saturated carbocycles. The van der Waals surface area contributed by atoms with Gasteiger partial charge >= 0.3 is 5.97 Å². The average molecular weight is 118 g/mol. The van der Waals surface area contributed by atoms with Gasteiger partial charge in [0.2, 0.25) is 5.91 Å². The fourth-order valence-electron chi connectivity index (χ4n) is 0.146. The summed E-state index contributed by atoms with van der Waals surface area (Å²) in [4.78, 5) is 22.4. The average Bonchev–Trinajstić information content (AvgIpc) is 1.61. The molecule has 0 aromatic heterocycles. The predicted molar refractivity (Wildman–Crippen MR) is 26.8 cm³/mol. The third-order valence-corrected chi connectivity index (χ3v) is 0.357. The number of amides is 1. The monoisotopic (exact) mass is 118 g/mol. The molecule has 8 heavy (non-hydrogen) atoms. The van der Waals surface area contributed by atoms with Crippen LogP contribution in [0.4, 0.5) is 0 Å². The van der Waals surface area contributed by atoms with Crippen molar-refractivity contribution in [2.45, 2.75) is 6.92 Å². The molecule has 1 N–H and O–H groups in total. The molecule has 0 bridgehead atoms. The van der Waals surface area contributed by atoms with Gasteiger partial charge in [-0.15, -0.1) is 0 Å². The Morgan fingerprint density at radius 1 is 1.62 bits per heavy atom. The van der Waals surface area contributed by atoms with Crippen molar-refractivity contribution in [3.63, 3.8) is 0 Å². The van der Waals surface area contributed by atoms with Crippen LogP contribution in [0.25, 0.3) is 0 Å². The highest BCUT2D eigenvalue weighted by atomic mass is 16.5. The maximum Gasteiger partial charge on any atom is 0.347 e. The van der Waals surface area contributed by atoms with Crippen molar-refractivity contribution in [1.82, 2.24) is 0 Å². The quantitative estimate of drug-likeness (QED) is 0.291. The van der Waals surface area contributed by atoms with Crippen LogP contribution >= 0.6 is 0 Å². The molecule has 1 amide bonds. The summed E-state index contributed by atoms with van der Waals surface area (Å²) in [5, 5.41) is 7.86. The van der Waals surface area contributed by atoms with Crippen LogP contribution in [-0.4, -0.2) is 23.2 Å². The zero-order valence-electron chi connectivity index (χ0n) is 4.29. The van der Waals surface area contributed by atoms with Crippen molar-refractivity contribution in [3.05, 3.63) is 0 Å². The van der Waals surface area contributed by atoms with Gasteiger partial charge in [0.15, 0.2) is 0 Å². The van der Waals surface area contributed by atoms with Gasteiger partial charge in [0.25, 0.3) is 0 Å². The molecule has 0 rings (SSSR count). The first-order chi connectivity index (χ1) is 3.63. The van der Waals surface area contributed by atoms with Crippen LogP contribution in [0.15, 0.2) is 4.99 Å². The summed E-state index contributed by atoms with van der Waals surface area (Å²) in [6.07, 6.45) is 0.558. The largest absolute Gasteiger partial charge is 0.477 e. The fraction of sp³-hybridized carbons (Fsp3) is 0.250. The van der Waals surface area contributed by atoms with E-state index in [1.165, 1.54) is 6.92 Å². The summed E-state index contributed by atoms with van der Waals surface area (Å²) in [5.74, 6) is -1.72. The van der Waals surface area contributed by atoms with Crippen LogP contribution in [0.3, 0.4) is 0 Å². The molecule has 0 aliphatic heterocycles. The standard InChI is InChI=1S/C4H5NO3/c1-3(6)5-2-4(7)8/h2H,1H3,(H,7,8)/i2+1,4+1,5+1. The zero-order valence-corrected chi connectivity index (χ0v) is 4.29. The fourth-order valence-corrected chi connectivity index (χ4v) is 0.146. The van der Waals surface area contributed by atoms with E-state index in [0.717, 1.165) is 0 Å². The van der Waals surface area contributed by atoms with E-state index in [-0.39, 0.29) is 0 Å². The molecule has 0 aliphatic rings. The van der Waals surface area contributed by atoms with Gasteiger partial charge < -0.3 is 5.11 Å². The first-order valence-corrected chi connectivity index (χ1v) is 1.90. The van der Waals surface area contributed by atoms with Crippen molar-refractivity contribution in [3.8, 4) is 0 Å². The number of carboxylic acid groups (broad SMARTS) is 1. The molecule has 4 heteroatoms. The van der Waals surface area contributed by atoms with Crippen molar-refractivity contribution < 1.29 is 14.7 Å². The molecule has 0 spiro atoms. The number of hydrogen-bond acceptors (Lipinski definition) is 2. The number of carbonyl (C=O) groups excluding carboxylic acids is 1. The highest BCUT2D eigenvalue weighted by Gasteiger charge is 1.86. The zero-order chi connectivity index (χ0) is 6.57. The molecular weight excluding hydrogens is 113 g/mol. The molecule has 0 fully saturated rings. The molecule has 4 nitrogen and oxygen atoms in total. The van der Waals surface area contributed by atoms with Gasteiger partial charge in [-0.25, -0.2) is 9.79 Å². The lowest BCUT2D eigenvalue weighted by Gasteiger charge is -1.74. The number of rotatable bonds is 1. The molecule has 0 atom stereocenters. The van der Waals surface area contributed by atoms with E-state index in [1.807, 2.05) is 0 Å². The topological polar surface area (TPSA) is 66.7 Å². The molecule has 0 saturated heterocycles. The SMILES string of the molecule is CC(=O)[15N]=[13CH][13C](=O)O. The van der Waals surface area contributed by atoms with E-state index >= 15 is 0 Å². The van der Waals surface area contributed by atoms with Crippen LogP contribution in [0.1, 0.15) is 6.92 Å². The molecule has 0 radical (unpaired) electrons. The van der Waals surface area contributed by atoms with Crippen molar-refractivity contribution in [2.75, 3.05) is 0 Å². The van der Waals surface area contributed by atoms with E-state index in [2.05, 4.69) is 4.99 Å². The van der Waals surface area contributed by atoms with Gasteiger partial charge in [0.1, 0.15) is 6.21 Å². The van der Waals surface area contributed by atoms with Gasteiger partial charge in [-0.3, -0.25) is 4.79 Å². The Morgan fingerprint density at radius 3 is 2.25 bits per heavy atom. The molecule has 0 aromatic carbocycles. The highest BCUT2D eigenvalue weighted by Crippen LogP contribution is 1.66. The normalized spacial score (nSPS) is 9.62. The first kappa shape index (κ1) is 6.81. The van der Waals surface area contributed by atoms with E-state index in [1.54, 1.807) is 0 Å². The third-order valence-electron chi connectivity index (χ3n) is 0.357. The summed E-state index contributed by atoms with van der Waals surface area (Å²) >= 11 is 0. The molecule has 0 heterocycles. The Hall–Kier alpha value is -1.19. The van der Waals surface area contributed by atoms with E-state index in [0.29, 0.717) is 6.21 Å². The lowest BCUT2D eigenvalue weighted by atomic mass is 10.8. The number of aliphatic carboxylic acids is 1. The van der Waals surface area contributed by atoms with Crippen molar-refractivity contribution in [1.29, 1.82) is 0 Å². The number of hydrogen-bond donors (Lipinski definition) is 1. The number of carboxylic acids is 1. The van der Waals surface area contributed by atoms with Gasteiger partial charge in [-0.2, -0.15) is 0 Å². The number of carbonyl (C=O) groups is 2. The highest BCUT2D eigenvalue weighted by molar-refractivity contribution is 6.24. The Labute approximate surface area is 45.8 Å². The molecule has 0 unspecified atom stereocenters. The molecule has 0 aromatic rings. The maximum absolute atomic E-state index is 9.89. The van der Waals surface area contributed by atoms with Crippen molar-refractivity contribution in [2.24, 2.45) is 4.99 Å². The van der Waals surface area contributed by atoms with Crippen LogP contribution in [-0.2, 0) is 9.59 Å². The van der Waals surface area contributed by atoms with Gasteiger partial charge in [0.05, 0.1) is 0 Å². The minimum Gasteiger partial charge on any atom is -0.477 e. The first-order valence-electron chi connectivity index (χ1n) is 1.90. The molecule has 0 aliphatic carbocycles. The minimum atomic E-state index is -1.21. The summed E-state index contributed by atoms with van der Waals surface area (Å²) in [5.41, 5.74) is 0. The van der Waals surface area contributed by atoms with Crippen LogP contribution in [0.2, 0.25) is 0 Å². The smallest absolute Gasteiger partial charge is 0.347 e. The van der Waals surface area contributed by atoms with E-state index in [9.17, 15) is 9.59 Å². The Kier molecular flexibility index (Phi) is 2.47. The van der Waals surface area contributed by atoms with Gasteiger partial charge in [-0.05, 0) is 0 Å². The second-order valence-corrected chi connectivity index (χ2v) is 1.12. The lowest BCUT2D eigenvalue weighted by molar-refractivity contribution is -0.129. The lowest BCUT2D eigenvalue weighted by Crippen LogP contribution is -1.96. The Morgan fingerprint density at radius 2 is 2.12 bits per heavy atom. The minimum absolute atomic E-state index is 0.507. The molecular formula is C4H5NO3. The Bertz CT molecular complexity index is 122. The van der Waals surface area contributed by atoms with Crippen LogP contribution in [0, 0.1) is 0 Å². The summed E-state index contributed by atoms with van der Waals surface area (Å²) < 4.78 is 0. The predicted octanol–water partition coefficient (Wildman–Crippen LogP) is -0.312. The summed E-state index contributed by atoms with van der Waals surface area (Å²) in [6, 6.07) is 0. The van der Waals surface area contributed by atoms with E-state index in [4.69, 9.17) is 5.11 Å². The van der Waals surface area contributed by atoms with Gasteiger partial charge in [0, 0.05) is 6.92 Å². The van der Waals surface area contributed by atoms with E-state index < -0.39 is 11.9 Å². The van der Waals surface area contributed by atoms with Crippen LogP contribution in [0.5, 0.6) is 0 Å². The number of aliphatic imine (C=N–C) groups is 1. The summed E-state index contributed by atoms with van der Waals surface area (Å²) in [6.45, 7) is 1.18. The third kappa shape index (κ3) is 4.81. The Balaban J connectivity index is 3.67. The second-order valence-electron chi connectivity index (χ2n) is 1.12. The maximum atomic E-state index is 9.89.